The van der Waals surface area contributed by atoms with Gasteiger partial charge in [-0.25, -0.2) is 4.98 Å². The van der Waals surface area contributed by atoms with E-state index >= 15 is 0 Å². The van der Waals surface area contributed by atoms with Crippen LogP contribution in [0.1, 0.15) is 25.0 Å². The summed E-state index contributed by atoms with van der Waals surface area (Å²) in [6.07, 6.45) is 0. The van der Waals surface area contributed by atoms with Gasteiger partial charge in [-0.3, -0.25) is 0 Å². The number of benzene rings is 3. The van der Waals surface area contributed by atoms with Crippen LogP contribution in [-0.2, 0) is 23.6 Å². The molecule has 0 radical (unpaired) electrons. The first-order valence-electron chi connectivity index (χ1n) is 10.4. The molecule has 3 heterocycles. The van der Waals surface area contributed by atoms with Gasteiger partial charge in [-0.1, -0.05) is 60.7 Å². The quantitative estimate of drug-likeness (QED) is 0.452. The van der Waals surface area contributed by atoms with Crippen LogP contribution in [0.3, 0.4) is 0 Å². The molecular formula is C26H23N3O. The second-order valence-corrected chi connectivity index (χ2v) is 8.54. The minimum atomic E-state index is -0.332. The van der Waals surface area contributed by atoms with Gasteiger partial charge in [0.1, 0.15) is 11.5 Å². The maximum Gasteiger partial charge on any atom is 0.145 e. The molecule has 148 valence electrons. The fourth-order valence-electron chi connectivity index (χ4n) is 4.71. The summed E-state index contributed by atoms with van der Waals surface area (Å²) in [7, 11) is 0. The first kappa shape index (κ1) is 17.5. The number of fused-ring (bicyclic) bond motifs is 4. The van der Waals surface area contributed by atoms with E-state index in [1.807, 2.05) is 6.07 Å². The van der Waals surface area contributed by atoms with Gasteiger partial charge in [-0.05, 0) is 37.1 Å². The molecular weight excluding hydrogens is 370 g/mol. The Morgan fingerprint density at radius 1 is 0.867 bits per heavy atom. The first-order chi connectivity index (χ1) is 14.6. The van der Waals surface area contributed by atoms with Crippen LogP contribution < -0.4 is 5.32 Å². The average molecular weight is 393 g/mol. The maximum atomic E-state index is 5.69. The number of hydrogen-bond acceptors (Lipinski definition) is 3. The number of nitrogens with zero attached hydrogens (tertiary/aromatic N) is 2. The van der Waals surface area contributed by atoms with E-state index in [4.69, 9.17) is 9.72 Å². The van der Waals surface area contributed by atoms with E-state index in [9.17, 15) is 0 Å². The number of ether oxygens (including phenoxy) is 1. The molecule has 2 aliphatic heterocycles. The Hall–Kier alpha value is -3.37. The third kappa shape index (κ3) is 2.54. The molecule has 0 atom stereocenters. The maximum absolute atomic E-state index is 5.69. The number of imidazole rings is 1. The van der Waals surface area contributed by atoms with E-state index in [1.165, 1.54) is 11.1 Å². The molecule has 0 spiro atoms. The van der Waals surface area contributed by atoms with Crippen molar-refractivity contribution in [1.82, 2.24) is 9.55 Å². The Bertz CT molecular complexity index is 1260. The van der Waals surface area contributed by atoms with Gasteiger partial charge in [0.2, 0.25) is 0 Å². The molecule has 6 rings (SSSR count). The lowest BCUT2D eigenvalue weighted by Crippen LogP contribution is -2.39. The molecule has 3 aromatic carbocycles. The van der Waals surface area contributed by atoms with Crippen molar-refractivity contribution in [3.8, 4) is 33.9 Å². The summed E-state index contributed by atoms with van der Waals surface area (Å²) < 4.78 is 8.04. The molecule has 4 aromatic rings. The predicted molar refractivity (Wildman–Crippen MR) is 120 cm³/mol. The molecule has 0 unspecified atom stereocenters. The van der Waals surface area contributed by atoms with Gasteiger partial charge in [-0.15, -0.1) is 0 Å². The largest absolute Gasteiger partial charge is 0.372 e. The highest BCUT2D eigenvalue weighted by Crippen LogP contribution is 2.46. The van der Waals surface area contributed by atoms with Crippen LogP contribution in [0.15, 0.2) is 72.8 Å². The van der Waals surface area contributed by atoms with Crippen molar-refractivity contribution in [2.24, 2.45) is 0 Å². The summed E-state index contributed by atoms with van der Waals surface area (Å²) in [5.74, 6) is 1.00. The van der Waals surface area contributed by atoms with Gasteiger partial charge in [0, 0.05) is 22.4 Å². The molecule has 0 saturated heterocycles. The van der Waals surface area contributed by atoms with Crippen LogP contribution >= 0.6 is 0 Å². The molecule has 0 fully saturated rings. The topological polar surface area (TPSA) is 39.1 Å². The second-order valence-electron chi connectivity index (χ2n) is 8.54. The van der Waals surface area contributed by atoms with Gasteiger partial charge < -0.3 is 14.6 Å². The molecule has 0 aliphatic carbocycles. The Balaban J connectivity index is 1.69. The van der Waals surface area contributed by atoms with Crippen LogP contribution in [0.2, 0.25) is 0 Å². The summed E-state index contributed by atoms with van der Waals surface area (Å²) in [6, 6.07) is 25.5. The Kier molecular flexibility index (Phi) is 3.68. The first-order valence-corrected chi connectivity index (χ1v) is 10.4. The smallest absolute Gasteiger partial charge is 0.145 e. The molecule has 4 heteroatoms. The minimum absolute atomic E-state index is 0.332. The third-order valence-corrected chi connectivity index (χ3v) is 6.07. The van der Waals surface area contributed by atoms with Crippen LogP contribution in [0.25, 0.3) is 33.9 Å². The second kappa shape index (κ2) is 6.31. The van der Waals surface area contributed by atoms with Crippen molar-refractivity contribution in [2.45, 2.75) is 32.7 Å². The van der Waals surface area contributed by atoms with E-state index < -0.39 is 0 Å². The van der Waals surface area contributed by atoms with Gasteiger partial charge in [0.05, 0.1) is 24.6 Å². The molecule has 0 saturated carbocycles. The lowest BCUT2D eigenvalue weighted by molar-refractivity contribution is 0.134. The Labute approximate surface area is 176 Å². The van der Waals surface area contributed by atoms with Crippen molar-refractivity contribution in [3.05, 3.63) is 83.9 Å². The van der Waals surface area contributed by atoms with Crippen LogP contribution in [-0.4, -0.2) is 9.55 Å². The average Bonchev–Trinajstić information content (AvgIpc) is 3.38. The number of hydrogen-bond donors (Lipinski definition) is 1. The zero-order chi connectivity index (χ0) is 20.3. The van der Waals surface area contributed by atoms with E-state index in [0.29, 0.717) is 13.2 Å². The van der Waals surface area contributed by atoms with Crippen LogP contribution in [0, 0.1) is 0 Å². The summed E-state index contributed by atoms with van der Waals surface area (Å²) in [5.41, 5.74) is 8.89. The number of aromatic nitrogens is 2. The molecule has 1 N–H and O–H groups in total. The van der Waals surface area contributed by atoms with Crippen LogP contribution in [0.5, 0.6) is 0 Å². The highest BCUT2D eigenvalue weighted by atomic mass is 16.5. The van der Waals surface area contributed by atoms with Crippen LogP contribution in [0.4, 0.5) is 5.69 Å². The number of nitrogens with one attached hydrogen (secondary N) is 1. The van der Waals surface area contributed by atoms with E-state index in [0.717, 1.165) is 39.6 Å². The van der Waals surface area contributed by atoms with Gasteiger partial charge in [0.25, 0.3) is 0 Å². The van der Waals surface area contributed by atoms with E-state index in [2.05, 4.69) is 90.5 Å². The molecule has 30 heavy (non-hydrogen) atoms. The zero-order valence-electron chi connectivity index (χ0n) is 17.1. The molecule has 0 amide bonds. The van der Waals surface area contributed by atoms with E-state index in [1.54, 1.807) is 0 Å². The van der Waals surface area contributed by atoms with Crippen molar-refractivity contribution in [1.29, 1.82) is 0 Å². The lowest BCUT2D eigenvalue weighted by Gasteiger charge is -2.37. The van der Waals surface area contributed by atoms with Gasteiger partial charge >= 0.3 is 0 Å². The lowest BCUT2D eigenvalue weighted by atomic mass is 9.98. The summed E-state index contributed by atoms with van der Waals surface area (Å²) in [5, 5.41) is 3.76. The van der Waals surface area contributed by atoms with Crippen molar-refractivity contribution >= 4 is 5.69 Å². The number of anilines is 1. The monoisotopic (exact) mass is 393 g/mol. The standard InChI is InChI=1S/C26H23N3O/c1-26(2)28-22-14-20-16-30-15-19(20)13-21(22)25-27-23(17-9-5-3-6-10-17)24(29(25)26)18-11-7-4-8-12-18/h3-14,28H,15-16H2,1-2H3. The van der Waals surface area contributed by atoms with Crippen molar-refractivity contribution in [2.75, 3.05) is 5.32 Å². The normalized spacial score (nSPS) is 15.8. The van der Waals surface area contributed by atoms with Gasteiger partial charge in [0.15, 0.2) is 0 Å². The SMILES string of the molecule is CC1(C)Nc2cc3c(cc2-c2nc(-c4ccccc4)c(-c4ccccc4)n21)COC3. The Morgan fingerprint density at radius 2 is 1.50 bits per heavy atom. The van der Waals surface area contributed by atoms with E-state index in [-0.39, 0.29) is 5.66 Å². The van der Waals surface area contributed by atoms with Crippen molar-refractivity contribution < 1.29 is 4.74 Å². The Morgan fingerprint density at radius 3 is 2.20 bits per heavy atom. The summed E-state index contributed by atoms with van der Waals surface area (Å²) in [4.78, 5) is 5.24. The number of rotatable bonds is 2. The molecule has 4 nitrogen and oxygen atoms in total. The third-order valence-electron chi connectivity index (χ3n) is 6.07. The minimum Gasteiger partial charge on any atom is -0.372 e. The predicted octanol–water partition coefficient (Wildman–Crippen LogP) is 6.03. The summed E-state index contributed by atoms with van der Waals surface area (Å²) in [6.45, 7) is 5.78. The highest BCUT2D eigenvalue weighted by Gasteiger charge is 2.36. The zero-order valence-corrected chi connectivity index (χ0v) is 17.1. The molecule has 2 aliphatic rings. The fraction of sp³-hybridized carbons (Fsp3) is 0.192. The van der Waals surface area contributed by atoms with Gasteiger partial charge in [-0.2, -0.15) is 0 Å². The highest BCUT2D eigenvalue weighted by molar-refractivity contribution is 5.87. The fourth-order valence-corrected chi connectivity index (χ4v) is 4.71. The molecule has 0 bridgehead atoms. The summed E-state index contributed by atoms with van der Waals surface area (Å²) >= 11 is 0. The molecule has 1 aromatic heterocycles. The van der Waals surface area contributed by atoms with Crippen molar-refractivity contribution in [3.63, 3.8) is 0 Å².